The number of rotatable bonds is 4. The molecule has 0 atom stereocenters. The summed E-state index contributed by atoms with van der Waals surface area (Å²) < 4.78 is 6.07. The van der Waals surface area contributed by atoms with Gasteiger partial charge in [0.1, 0.15) is 11.5 Å². The summed E-state index contributed by atoms with van der Waals surface area (Å²) in [5.74, 6) is 1.68. The molecule has 1 N–H and O–H groups in total. The second-order valence-electron chi connectivity index (χ2n) is 6.92. The Morgan fingerprint density at radius 1 is 0.893 bits per heavy atom. The summed E-state index contributed by atoms with van der Waals surface area (Å²) in [6.45, 7) is 1.57. The van der Waals surface area contributed by atoms with Crippen molar-refractivity contribution in [3.8, 4) is 11.5 Å². The number of fused-ring (bicyclic) bond motifs is 1. The van der Waals surface area contributed by atoms with E-state index < -0.39 is 0 Å². The van der Waals surface area contributed by atoms with Crippen LogP contribution in [0.5, 0.6) is 11.5 Å². The first-order valence-corrected chi connectivity index (χ1v) is 10.2. The van der Waals surface area contributed by atoms with E-state index in [1.165, 1.54) is 17.7 Å². The van der Waals surface area contributed by atoms with E-state index in [9.17, 15) is 0 Å². The van der Waals surface area contributed by atoms with Crippen molar-refractivity contribution in [1.29, 1.82) is 0 Å². The fourth-order valence-electron chi connectivity index (χ4n) is 3.53. The van der Waals surface area contributed by atoms with Crippen LogP contribution in [-0.4, -0.2) is 11.7 Å². The SMILES string of the molecule is S=C(NCc1ccccc1Oc1ccccc1)N1CCCCc2ccccc21. The molecule has 3 nitrogen and oxygen atoms in total. The van der Waals surface area contributed by atoms with Crippen LogP contribution in [0.4, 0.5) is 5.69 Å². The van der Waals surface area contributed by atoms with Crippen molar-refractivity contribution in [2.24, 2.45) is 0 Å². The zero-order valence-corrected chi connectivity index (χ0v) is 16.6. The first-order valence-electron chi connectivity index (χ1n) is 9.75. The van der Waals surface area contributed by atoms with E-state index in [2.05, 4.69) is 40.5 Å². The molecule has 0 saturated carbocycles. The second kappa shape index (κ2) is 8.89. The van der Waals surface area contributed by atoms with Crippen LogP contribution in [0.1, 0.15) is 24.0 Å². The molecule has 0 radical (unpaired) electrons. The summed E-state index contributed by atoms with van der Waals surface area (Å²) in [7, 11) is 0. The summed E-state index contributed by atoms with van der Waals surface area (Å²) in [4.78, 5) is 2.23. The van der Waals surface area contributed by atoms with E-state index in [-0.39, 0.29) is 0 Å². The van der Waals surface area contributed by atoms with E-state index in [1.807, 2.05) is 48.5 Å². The third kappa shape index (κ3) is 4.34. The van der Waals surface area contributed by atoms with Crippen LogP contribution in [0.25, 0.3) is 0 Å². The Bertz CT molecular complexity index is 942. The van der Waals surface area contributed by atoms with Gasteiger partial charge in [-0.3, -0.25) is 0 Å². The maximum atomic E-state index is 6.07. The molecule has 4 heteroatoms. The van der Waals surface area contributed by atoms with Crippen molar-refractivity contribution in [1.82, 2.24) is 5.32 Å². The molecule has 3 aromatic rings. The molecule has 0 saturated heterocycles. The van der Waals surface area contributed by atoms with Gasteiger partial charge in [-0.05, 0) is 61.3 Å². The van der Waals surface area contributed by atoms with Gasteiger partial charge in [-0.2, -0.15) is 0 Å². The number of aryl methyl sites for hydroxylation is 1. The molecule has 28 heavy (non-hydrogen) atoms. The average molecular weight is 389 g/mol. The molecule has 142 valence electrons. The molecule has 1 heterocycles. The van der Waals surface area contributed by atoms with E-state index in [1.54, 1.807) is 0 Å². The molecule has 0 spiro atoms. The quantitative estimate of drug-likeness (QED) is 0.580. The maximum Gasteiger partial charge on any atom is 0.173 e. The molecular weight excluding hydrogens is 364 g/mol. The Morgan fingerprint density at radius 2 is 1.64 bits per heavy atom. The Balaban J connectivity index is 1.47. The van der Waals surface area contributed by atoms with Crippen molar-refractivity contribution < 1.29 is 4.74 Å². The van der Waals surface area contributed by atoms with Gasteiger partial charge < -0.3 is 15.0 Å². The highest BCUT2D eigenvalue weighted by molar-refractivity contribution is 7.80. The lowest BCUT2D eigenvalue weighted by Gasteiger charge is -2.26. The molecular formula is C24H24N2OS. The number of anilines is 1. The molecule has 0 aromatic heterocycles. The molecule has 0 bridgehead atoms. The molecule has 1 aliphatic rings. The molecule has 0 unspecified atom stereocenters. The summed E-state index contributed by atoms with van der Waals surface area (Å²) in [6.07, 6.45) is 3.46. The number of hydrogen-bond donors (Lipinski definition) is 1. The molecule has 0 aliphatic carbocycles. The number of thiocarbonyl (C=S) groups is 1. The number of ether oxygens (including phenoxy) is 1. The van der Waals surface area contributed by atoms with Gasteiger partial charge in [0.15, 0.2) is 5.11 Å². The van der Waals surface area contributed by atoms with Gasteiger partial charge in [0.25, 0.3) is 0 Å². The normalized spacial score (nSPS) is 13.4. The number of para-hydroxylation sites is 3. The summed E-state index contributed by atoms with van der Waals surface area (Å²) in [5.41, 5.74) is 3.68. The van der Waals surface area contributed by atoms with Gasteiger partial charge in [-0.25, -0.2) is 0 Å². The highest BCUT2D eigenvalue weighted by atomic mass is 32.1. The van der Waals surface area contributed by atoms with Crippen LogP contribution in [0.3, 0.4) is 0 Å². The average Bonchev–Trinajstić information content (AvgIpc) is 2.96. The van der Waals surface area contributed by atoms with Crippen molar-refractivity contribution in [2.75, 3.05) is 11.4 Å². The molecule has 0 amide bonds. The van der Waals surface area contributed by atoms with Crippen LogP contribution in [0.2, 0.25) is 0 Å². The minimum absolute atomic E-state index is 0.626. The van der Waals surface area contributed by atoms with Crippen LogP contribution < -0.4 is 15.0 Å². The summed E-state index contributed by atoms with van der Waals surface area (Å²) in [5, 5.41) is 4.21. The van der Waals surface area contributed by atoms with E-state index >= 15 is 0 Å². The maximum absolute atomic E-state index is 6.07. The summed E-state index contributed by atoms with van der Waals surface area (Å²) >= 11 is 5.76. The fourth-order valence-corrected chi connectivity index (χ4v) is 3.80. The lowest BCUT2D eigenvalue weighted by Crippen LogP contribution is -2.40. The Morgan fingerprint density at radius 3 is 2.54 bits per heavy atom. The Hall–Kier alpha value is -2.85. The van der Waals surface area contributed by atoms with Gasteiger partial charge >= 0.3 is 0 Å². The van der Waals surface area contributed by atoms with Crippen LogP contribution in [0.15, 0.2) is 78.9 Å². The number of hydrogen-bond acceptors (Lipinski definition) is 2. The van der Waals surface area contributed by atoms with E-state index in [0.717, 1.165) is 41.6 Å². The van der Waals surface area contributed by atoms with Crippen molar-refractivity contribution in [2.45, 2.75) is 25.8 Å². The molecule has 0 fully saturated rings. The zero-order chi connectivity index (χ0) is 19.2. The highest BCUT2D eigenvalue weighted by Crippen LogP contribution is 2.27. The lowest BCUT2D eigenvalue weighted by molar-refractivity contribution is 0.475. The zero-order valence-electron chi connectivity index (χ0n) is 15.8. The first kappa shape index (κ1) is 18.5. The minimum Gasteiger partial charge on any atom is -0.457 e. The minimum atomic E-state index is 0.626. The number of nitrogens with zero attached hydrogens (tertiary/aromatic N) is 1. The van der Waals surface area contributed by atoms with E-state index in [0.29, 0.717) is 6.54 Å². The fraction of sp³-hybridized carbons (Fsp3) is 0.208. The number of nitrogens with one attached hydrogen (secondary N) is 1. The monoisotopic (exact) mass is 388 g/mol. The Kier molecular flexibility index (Phi) is 5.88. The predicted octanol–water partition coefficient (Wildman–Crippen LogP) is 5.70. The van der Waals surface area contributed by atoms with Crippen LogP contribution >= 0.6 is 12.2 Å². The highest BCUT2D eigenvalue weighted by Gasteiger charge is 2.18. The topological polar surface area (TPSA) is 24.5 Å². The van der Waals surface area contributed by atoms with Crippen molar-refractivity contribution in [3.63, 3.8) is 0 Å². The van der Waals surface area contributed by atoms with Crippen molar-refractivity contribution in [3.05, 3.63) is 90.0 Å². The van der Waals surface area contributed by atoms with Crippen LogP contribution in [-0.2, 0) is 13.0 Å². The third-order valence-corrected chi connectivity index (χ3v) is 5.34. The first-order chi connectivity index (χ1) is 13.8. The van der Waals surface area contributed by atoms with Gasteiger partial charge in [0.05, 0.1) is 0 Å². The van der Waals surface area contributed by atoms with E-state index in [4.69, 9.17) is 17.0 Å². The molecule has 4 rings (SSSR count). The van der Waals surface area contributed by atoms with Crippen molar-refractivity contribution >= 4 is 23.0 Å². The van der Waals surface area contributed by atoms with Crippen LogP contribution in [0, 0.1) is 0 Å². The van der Waals surface area contributed by atoms with Gasteiger partial charge in [-0.1, -0.05) is 54.6 Å². The number of benzene rings is 3. The smallest absolute Gasteiger partial charge is 0.173 e. The van der Waals surface area contributed by atoms with Gasteiger partial charge in [0.2, 0.25) is 0 Å². The van der Waals surface area contributed by atoms with Gasteiger partial charge in [0, 0.05) is 24.3 Å². The Labute approximate surface area is 172 Å². The van der Waals surface area contributed by atoms with Gasteiger partial charge in [-0.15, -0.1) is 0 Å². The largest absolute Gasteiger partial charge is 0.457 e. The lowest BCUT2D eigenvalue weighted by atomic mass is 10.1. The standard InChI is InChI=1S/C24H24N2OS/c28-24(26-17-9-8-11-19-10-4-6-15-22(19)26)25-18-20-12-5-7-16-23(20)27-21-13-2-1-3-14-21/h1-7,10,12-16H,8-9,11,17-18H2,(H,25,28). The third-order valence-electron chi connectivity index (χ3n) is 4.98. The summed E-state index contributed by atoms with van der Waals surface area (Å²) in [6, 6.07) is 26.5. The molecule has 1 aliphatic heterocycles. The molecule has 3 aromatic carbocycles. The predicted molar refractivity (Wildman–Crippen MR) is 119 cm³/mol. The second-order valence-corrected chi connectivity index (χ2v) is 7.31.